The highest BCUT2D eigenvalue weighted by atomic mass is 15.1. The summed E-state index contributed by atoms with van der Waals surface area (Å²) >= 11 is 0. The molecule has 0 fully saturated rings. The first-order valence-corrected chi connectivity index (χ1v) is 12.6. The van der Waals surface area contributed by atoms with Gasteiger partial charge in [-0.25, -0.2) is 0 Å². The van der Waals surface area contributed by atoms with Gasteiger partial charge in [0.1, 0.15) is 0 Å². The number of hydrogen-bond donors (Lipinski definition) is 0. The van der Waals surface area contributed by atoms with Crippen LogP contribution in [0.3, 0.4) is 0 Å². The van der Waals surface area contributed by atoms with Crippen LogP contribution in [-0.2, 0) is 13.1 Å². The van der Waals surface area contributed by atoms with E-state index in [0.29, 0.717) is 0 Å². The zero-order valence-electron chi connectivity index (χ0n) is 20.0. The van der Waals surface area contributed by atoms with Crippen molar-refractivity contribution in [3.05, 3.63) is 109 Å². The van der Waals surface area contributed by atoms with Crippen LogP contribution < -0.4 is 0 Å². The third-order valence-electron chi connectivity index (χ3n) is 7.66. The van der Waals surface area contributed by atoms with E-state index in [0.717, 1.165) is 26.1 Å². The van der Waals surface area contributed by atoms with Gasteiger partial charge < -0.3 is 9.47 Å². The average Bonchev–Trinajstić information content (AvgIpc) is 3.22. The molecule has 0 amide bonds. The number of nitrogens with zero attached hydrogens (tertiary/aromatic N) is 2. The number of hydrogen-bond acceptors (Lipinski definition) is 1. The molecule has 0 unspecified atom stereocenters. The SMILES string of the molecule is CN(CCCn1c2ccccc2c2ccccc21)Cc1ccc2ccc3cccc4ccc1c2c34. The first-order valence-electron chi connectivity index (χ1n) is 12.6. The molecule has 0 bridgehead atoms. The Labute approximate surface area is 205 Å². The second-order valence-electron chi connectivity index (χ2n) is 9.86. The second-order valence-corrected chi connectivity index (χ2v) is 9.86. The summed E-state index contributed by atoms with van der Waals surface area (Å²) in [7, 11) is 2.25. The van der Waals surface area contributed by atoms with Crippen LogP contribution >= 0.6 is 0 Å². The Morgan fingerprint density at radius 2 is 1.17 bits per heavy atom. The first kappa shape index (κ1) is 20.5. The van der Waals surface area contributed by atoms with Gasteiger partial charge in [0, 0.05) is 34.9 Å². The third-order valence-corrected chi connectivity index (χ3v) is 7.66. The van der Waals surface area contributed by atoms with Crippen LogP contribution in [0.4, 0.5) is 0 Å². The van der Waals surface area contributed by atoms with Gasteiger partial charge >= 0.3 is 0 Å². The minimum atomic E-state index is 0.960. The van der Waals surface area contributed by atoms with Crippen molar-refractivity contribution >= 4 is 54.1 Å². The molecule has 1 heterocycles. The van der Waals surface area contributed by atoms with Crippen molar-refractivity contribution in [2.75, 3.05) is 13.6 Å². The minimum absolute atomic E-state index is 0.960. The van der Waals surface area contributed by atoms with E-state index in [1.165, 1.54) is 59.7 Å². The fraction of sp³-hybridized carbons (Fsp3) is 0.152. The normalized spacial score (nSPS) is 12.3. The van der Waals surface area contributed by atoms with Crippen molar-refractivity contribution < 1.29 is 0 Å². The molecule has 7 rings (SSSR count). The number of aryl methyl sites for hydroxylation is 1. The molecule has 2 heteroatoms. The monoisotopic (exact) mass is 452 g/mol. The molecule has 0 aliphatic rings. The van der Waals surface area contributed by atoms with Crippen LogP contribution in [0.2, 0.25) is 0 Å². The van der Waals surface area contributed by atoms with Gasteiger partial charge in [0.15, 0.2) is 0 Å². The fourth-order valence-corrected chi connectivity index (χ4v) is 6.05. The highest BCUT2D eigenvalue weighted by Crippen LogP contribution is 2.36. The van der Waals surface area contributed by atoms with E-state index in [9.17, 15) is 0 Å². The van der Waals surface area contributed by atoms with Crippen LogP contribution in [0.25, 0.3) is 54.1 Å². The largest absolute Gasteiger partial charge is 0.340 e. The first-order chi connectivity index (χ1) is 17.3. The molecule has 0 radical (unpaired) electrons. The topological polar surface area (TPSA) is 8.17 Å². The summed E-state index contributed by atoms with van der Waals surface area (Å²) in [4.78, 5) is 2.47. The van der Waals surface area contributed by atoms with Gasteiger partial charge in [0.2, 0.25) is 0 Å². The molecule has 2 nitrogen and oxygen atoms in total. The lowest BCUT2D eigenvalue weighted by Gasteiger charge is -2.20. The van der Waals surface area contributed by atoms with E-state index >= 15 is 0 Å². The molecule has 6 aromatic carbocycles. The summed E-state index contributed by atoms with van der Waals surface area (Å²) in [6.45, 7) is 3.04. The molecule has 35 heavy (non-hydrogen) atoms. The van der Waals surface area contributed by atoms with Crippen LogP contribution in [0.15, 0.2) is 103 Å². The number of para-hydroxylation sites is 2. The summed E-state index contributed by atoms with van der Waals surface area (Å²) in [6.07, 6.45) is 1.12. The van der Waals surface area contributed by atoms with Crippen molar-refractivity contribution in [1.82, 2.24) is 9.47 Å². The molecular formula is C33H28N2. The Hall–Kier alpha value is -3.88. The zero-order valence-corrected chi connectivity index (χ0v) is 20.0. The molecule has 0 N–H and O–H groups in total. The molecule has 1 aromatic heterocycles. The highest BCUT2D eigenvalue weighted by Gasteiger charge is 2.13. The summed E-state index contributed by atoms with van der Waals surface area (Å²) in [6, 6.07) is 38.0. The Morgan fingerprint density at radius 1 is 0.571 bits per heavy atom. The van der Waals surface area contributed by atoms with Gasteiger partial charge in [0.05, 0.1) is 0 Å². The molecule has 7 aromatic rings. The summed E-state index contributed by atoms with van der Waals surface area (Å²) in [5, 5.41) is 10.9. The Bertz CT molecular complexity index is 1760. The number of rotatable bonds is 6. The lowest BCUT2D eigenvalue weighted by Crippen LogP contribution is -2.20. The van der Waals surface area contributed by atoms with Gasteiger partial charge in [-0.05, 0) is 70.0 Å². The van der Waals surface area contributed by atoms with Crippen molar-refractivity contribution in [2.45, 2.75) is 19.5 Å². The zero-order chi connectivity index (χ0) is 23.4. The van der Waals surface area contributed by atoms with E-state index in [1.807, 2.05) is 0 Å². The molecular weight excluding hydrogens is 424 g/mol. The summed E-state index contributed by atoms with van der Waals surface area (Å²) in [5.74, 6) is 0. The maximum atomic E-state index is 2.49. The molecule has 0 saturated carbocycles. The fourth-order valence-electron chi connectivity index (χ4n) is 6.05. The number of fused-ring (bicyclic) bond motifs is 3. The van der Waals surface area contributed by atoms with E-state index in [1.54, 1.807) is 0 Å². The van der Waals surface area contributed by atoms with E-state index in [2.05, 4.69) is 120 Å². The molecule has 170 valence electrons. The maximum Gasteiger partial charge on any atom is 0.0491 e. The van der Waals surface area contributed by atoms with E-state index < -0.39 is 0 Å². The van der Waals surface area contributed by atoms with Crippen LogP contribution in [-0.4, -0.2) is 23.1 Å². The van der Waals surface area contributed by atoms with E-state index in [-0.39, 0.29) is 0 Å². The quantitative estimate of drug-likeness (QED) is 0.231. The number of benzene rings is 6. The van der Waals surface area contributed by atoms with Crippen molar-refractivity contribution in [1.29, 1.82) is 0 Å². The Balaban J connectivity index is 1.15. The van der Waals surface area contributed by atoms with Crippen molar-refractivity contribution in [3.63, 3.8) is 0 Å². The van der Waals surface area contributed by atoms with Crippen LogP contribution in [0, 0.1) is 0 Å². The molecule has 0 aliphatic carbocycles. The van der Waals surface area contributed by atoms with Crippen molar-refractivity contribution in [2.24, 2.45) is 0 Å². The van der Waals surface area contributed by atoms with Crippen LogP contribution in [0.5, 0.6) is 0 Å². The predicted octanol–water partition coefficient (Wildman–Crippen LogP) is 8.21. The molecule has 0 atom stereocenters. The molecule has 0 saturated heterocycles. The highest BCUT2D eigenvalue weighted by molar-refractivity contribution is 6.23. The lowest BCUT2D eigenvalue weighted by atomic mass is 9.92. The summed E-state index contributed by atoms with van der Waals surface area (Å²) in [5.41, 5.74) is 4.08. The van der Waals surface area contributed by atoms with Crippen LogP contribution in [0.1, 0.15) is 12.0 Å². The summed E-state index contributed by atoms with van der Waals surface area (Å²) < 4.78 is 2.49. The Kier molecular flexibility index (Phi) is 4.75. The smallest absolute Gasteiger partial charge is 0.0491 e. The van der Waals surface area contributed by atoms with Gasteiger partial charge in [-0.2, -0.15) is 0 Å². The van der Waals surface area contributed by atoms with Gasteiger partial charge in [0.25, 0.3) is 0 Å². The maximum absolute atomic E-state index is 2.49. The molecule has 0 spiro atoms. The average molecular weight is 453 g/mol. The minimum Gasteiger partial charge on any atom is -0.340 e. The second kappa shape index (κ2) is 8.11. The third kappa shape index (κ3) is 3.29. The van der Waals surface area contributed by atoms with Gasteiger partial charge in [-0.15, -0.1) is 0 Å². The standard InChI is InChI=1S/C33H28N2/c1-34(20-7-21-35-30-12-4-2-10-28(30)29-11-3-5-13-31(29)35)22-26-17-16-25-15-14-23-8-6-9-24-18-19-27(26)33(25)32(23)24/h2-6,8-19H,7,20-22H2,1H3. The van der Waals surface area contributed by atoms with E-state index in [4.69, 9.17) is 0 Å². The lowest BCUT2D eigenvalue weighted by molar-refractivity contribution is 0.317. The Morgan fingerprint density at radius 3 is 1.89 bits per heavy atom. The predicted molar refractivity (Wildman–Crippen MR) is 151 cm³/mol. The van der Waals surface area contributed by atoms with Gasteiger partial charge in [-0.3, -0.25) is 0 Å². The number of aromatic nitrogens is 1. The van der Waals surface area contributed by atoms with Crippen molar-refractivity contribution in [3.8, 4) is 0 Å². The molecule has 0 aliphatic heterocycles. The van der Waals surface area contributed by atoms with Gasteiger partial charge in [-0.1, -0.05) is 91.0 Å².